The highest BCUT2D eigenvalue weighted by atomic mass is 35.5. The Labute approximate surface area is 166 Å². The number of phenols is 1. The third kappa shape index (κ3) is 4.10. The van der Waals surface area contributed by atoms with Gasteiger partial charge in [-0.05, 0) is 75.5 Å². The zero-order valence-electron chi connectivity index (χ0n) is 16.2. The van der Waals surface area contributed by atoms with Crippen molar-refractivity contribution in [2.75, 3.05) is 46.3 Å². The van der Waals surface area contributed by atoms with Gasteiger partial charge in [-0.2, -0.15) is 0 Å². The van der Waals surface area contributed by atoms with Crippen LogP contribution in [0.4, 0.5) is 0 Å². The van der Waals surface area contributed by atoms with Gasteiger partial charge in [-0.1, -0.05) is 17.7 Å². The first-order chi connectivity index (χ1) is 13.0. The number of carbonyl (C=O) groups excluding carboxylic acids is 1. The molecule has 1 spiro atoms. The minimum Gasteiger partial charge on any atom is -0.506 e. The molecule has 27 heavy (non-hydrogen) atoms. The molecule has 1 aromatic carbocycles. The lowest BCUT2D eigenvalue weighted by Gasteiger charge is -2.33. The Hall–Kier alpha value is -1.30. The van der Waals surface area contributed by atoms with Gasteiger partial charge in [0, 0.05) is 32.1 Å². The van der Waals surface area contributed by atoms with Gasteiger partial charge < -0.3 is 14.9 Å². The predicted molar refractivity (Wildman–Crippen MR) is 107 cm³/mol. The zero-order chi connectivity index (χ0) is 19.0. The van der Waals surface area contributed by atoms with Crippen LogP contribution in [0.2, 0.25) is 5.02 Å². The van der Waals surface area contributed by atoms with E-state index in [4.69, 9.17) is 11.6 Å². The van der Waals surface area contributed by atoms with Crippen LogP contribution >= 0.6 is 11.6 Å². The Morgan fingerprint density at radius 2 is 1.96 bits per heavy atom. The summed E-state index contributed by atoms with van der Waals surface area (Å²) < 4.78 is 0. The van der Waals surface area contributed by atoms with Gasteiger partial charge in [0.15, 0.2) is 0 Å². The molecule has 4 rings (SSSR count). The molecule has 2 aliphatic heterocycles. The summed E-state index contributed by atoms with van der Waals surface area (Å²) in [5.74, 6) is 0.798. The molecule has 1 N–H and O–H groups in total. The van der Waals surface area contributed by atoms with E-state index in [1.807, 2.05) is 12.1 Å². The summed E-state index contributed by atoms with van der Waals surface area (Å²) in [6.07, 6.45) is 4.40. The molecule has 3 fully saturated rings. The number of phenolic OH excluding ortho intramolecular Hbond substituents is 1. The lowest BCUT2D eigenvalue weighted by Crippen LogP contribution is -2.39. The number of hydrogen-bond donors (Lipinski definition) is 1. The monoisotopic (exact) mass is 391 g/mol. The van der Waals surface area contributed by atoms with E-state index in [-0.39, 0.29) is 17.1 Å². The molecule has 0 aromatic heterocycles. The summed E-state index contributed by atoms with van der Waals surface area (Å²) in [5.41, 5.74) is 1.39. The molecule has 1 unspecified atom stereocenters. The van der Waals surface area contributed by atoms with Gasteiger partial charge in [-0.3, -0.25) is 9.69 Å². The summed E-state index contributed by atoms with van der Waals surface area (Å²) in [6, 6.07) is 5.45. The largest absolute Gasteiger partial charge is 0.506 e. The molecule has 1 saturated carbocycles. The second-order valence-corrected chi connectivity index (χ2v) is 9.07. The van der Waals surface area contributed by atoms with E-state index in [1.165, 1.54) is 0 Å². The van der Waals surface area contributed by atoms with Crippen molar-refractivity contribution in [2.45, 2.75) is 32.2 Å². The van der Waals surface area contributed by atoms with Gasteiger partial charge in [0.25, 0.3) is 0 Å². The molecular formula is C21H30ClN3O2. The van der Waals surface area contributed by atoms with Crippen molar-refractivity contribution in [3.05, 3.63) is 28.8 Å². The van der Waals surface area contributed by atoms with Gasteiger partial charge in [0.2, 0.25) is 5.91 Å². The first kappa shape index (κ1) is 19.0. The van der Waals surface area contributed by atoms with Crippen LogP contribution in [0.25, 0.3) is 0 Å². The molecular weight excluding hydrogens is 362 g/mol. The predicted octanol–water partition coefficient (Wildman–Crippen LogP) is 2.81. The number of nitrogens with zero attached hydrogens (tertiary/aromatic N) is 3. The fourth-order valence-electron chi connectivity index (χ4n) is 4.80. The van der Waals surface area contributed by atoms with Crippen LogP contribution in [0, 0.1) is 11.3 Å². The Morgan fingerprint density at radius 3 is 2.70 bits per heavy atom. The molecule has 148 valence electrons. The van der Waals surface area contributed by atoms with E-state index < -0.39 is 0 Å². The number of benzene rings is 1. The molecule has 0 bridgehead atoms. The zero-order valence-corrected chi connectivity index (χ0v) is 16.9. The molecule has 1 amide bonds. The third-order valence-corrected chi connectivity index (χ3v) is 7.09. The summed E-state index contributed by atoms with van der Waals surface area (Å²) in [6.45, 7) is 6.81. The van der Waals surface area contributed by atoms with E-state index in [0.717, 1.165) is 77.1 Å². The second kappa shape index (κ2) is 7.61. The molecule has 1 aliphatic carbocycles. The second-order valence-electron chi connectivity index (χ2n) is 8.66. The first-order valence-electron chi connectivity index (χ1n) is 10.1. The maximum atomic E-state index is 13.0. The van der Waals surface area contributed by atoms with Crippen molar-refractivity contribution < 1.29 is 9.90 Å². The van der Waals surface area contributed by atoms with Crippen LogP contribution in [0.3, 0.4) is 0 Å². The van der Waals surface area contributed by atoms with Crippen molar-refractivity contribution in [2.24, 2.45) is 11.3 Å². The number of carbonyl (C=O) groups is 1. The number of likely N-dealkylation sites (tertiary alicyclic amines) is 1. The lowest BCUT2D eigenvalue weighted by atomic mass is 9.90. The number of aromatic hydroxyl groups is 1. The molecule has 1 atom stereocenters. The Balaban J connectivity index is 1.29. The number of halogens is 1. The van der Waals surface area contributed by atoms with E-state index >= 15 is 0 Å². The Kier molecular flexibility index (Phi) is 5.36. The van der Waals surface area contributed by atoms with Crippen LogP contribution in [-0.4, -0.2) is 72.0 Å². The van der Waals surface area contributed by atoms with Gasteiger partial charge >= 0.3 is 0 Å². The number of piperidine rings is 1. The van der Waals surface area contributed by atoms with Crippen molar-refractivity contribution in [3.8, 4) is 5.75 Å². The van der Waals surface area contributed by atoms with Crippen molar-refractivity contribution in [1.29, 1.82) is 0 Å². The summed E-state index contributed by atoms with van der Waals surface area (Å²) in [4.78, 5) is 19.9. The van der Waals surface area contributed by atoms with Crippen LogP contribution < -0.4 is 0 Å². The van der Waals surface area contributed by atoms with Crippen LogP contribution in [0.5, 0.6) is 5.75 Å². The van der Waals surface area contributed by atoms with Crippen molar-refractivity contribution in [3.63, 3.8) is 0 Å². The van der Waals surface area contributed by atoms with Crippen molar-refractivity contribution >= 4 is 17.5 Å². The highest BCUT2D eigenvalue weighted by Gasteiger charge is 2.59. The summed E-state index contributed by atoms with van der Waals surface area (Å²) in [7, 11) is 2.14. The fourth-order valence-corrected chi connectivity index (χ4v) is 5.00. The quantitative estimate of drug-likeness (QED) is 0.860. The fraction of sp³-hybridized carbons (Fsp3) is 0.667. The van der Waals surface area contributed by atoms with Gasteiger partial charge in [-0.25, -0.2) is 0 Å². The molecule has 6 heteroatoms. The average molecular weight is 392 g/mol. The van der Waals surface area contributed by atoms with Crippen LogP contribution in [-0.2, 0) is 11.3 Å². The summed E-state index contributed by atoms with van der Waals surface area (Å²) in [5, 5.41) is 9.98. The van der Waals surface area contributed by atoms with E-state index in [1.54, 1.807) is 6.07 Å². The molecule has 0 radical (unpaired) electrons. The molecule has 2 heterocycles. The molecule has 2 saturated heterocycles. The minimum atomic E-state index is 0.136. The molecule has 3 aliphatic rings. The van der Waals surface area contributed by atoms with Crippen LogP contribution in [0.15, 0.2) is 18.2 Å². The van der Waals surface area contributed by atoms with E-state index in [2.05, 4.69) is 21.7 Å². The van der Waals surface area contributed by atoms with Gasteiger partial charge in [-0.15, -0.1) is 0 Å². The number of hydrogen-bond acceptors (Lipinski definition) is 4. The highest BCUT2D eigenvalue weighted by molar-refractivity contribution is 6.32. The van der Waals surface area contributed by atoms with E-state index in [9.17, 15) is 9.90 Å². The lowest BCUT2D eigenvalue weighted by molar-refractivity contribution is -0.133. The first-order valence-corrected chi connectivity index (χ1v) is 10.5. The minimum absolute atomic E-state index is 0.136. The highest BCUT2D eigenvalue weighted by Crippen LogP contribution is 2.60. The van der Waals surface area contributed by atoms with E-state index in [0.29, 0.717) is 10.9 Å². The maximum Gasteiger partial charge on any atom is 0.226 e. The Morgan fingerprint density at radius 1 is 1.19 bits per heavy atom. The number of rotatable bonds is 3. The Bertz CT molecular complexity index is 703. The SMILES string of the molecule is CN1CCCN(C(=O)C2CC23CCN(Cc2ccc(O)c(Cl)c2)CC3)CC1. The number of likely N-dealkylation sites (N-methyl/N-ethyl adjacent to an activating group) is 1. The van der Waals surface area contributed by atoms with Gasteiger partial charge in [0.1, 0.15) is 5.75 Å². The number of amides is 1. The average Bonchev–Trinajstić information content (AvgIpc) is 3.40. The maximum absolute atomic E-state index is 13.0. The smallest absolute Gasteiger partial charge is 0.226 e. The molecule has 1 aromatic rings. The van der Waals surface area contributed by atoms with Crippen LogP contribution in [0.1, 0.15) is 31.2 Å². The van der Waals surface area contributed by atoms with Gasteiger partial charge in [0.05, 0.1) is 5.02 Å². The molecule has 5 nitrogen and oxygen atoms in total. The third-order valence-electron chi connectivity index (χ3n) is 6.79. The normalized spacial score (nSPS) is 26.1. The standard InChI is InChI=1S/C21H30ClN3O2/c1-23-7-2-8-25(12-11-23)20(27)17-14-21(17)5-9-24(10-6-21)15-16-3-4-19(26)18(22)13-16/h3-4,13,17,26H,2,5-12,14-15H2,1H3. The topological polar surface area (TPSA) is 47.0 Å². The van der Waals surface area contributed by atoms with Crippen molar-refractivity contribution in [1.82, 2.24) is 14.7 Å². The summed E-state index contributed by atoms with van der Waals surface area (Å²) >= 11 is 6.02.